The van der Waals surface area contributed by atoms with Crippen molar-refractivity contribution in [3.63, 3.8) is 0 Å². The van der Waals surface area contributed by atoms with E-state index in [-0.39, 0.29) is 5.54 Å². The molecule has 1 heterocycles. The van der Waals surface area contributed by atoms with Gasteiger partial charge in [0.15, 0.2) is 0 Å². The van der Waals surface area contributed by atoms with Crippen LogP contribution in [0.3, 0.4) is 0 Å². The fraction of sp³-hybridized carbons (Fsp3) is 0.941. The van der Waals surface area contributed by atoms with E-state index in [4.69, 9.17) is 0 Å². The van der Waals surface area contributed by atoms with Crippen LogP contribution in [-0.2, 0) is 0 Å². The fourth-order valence-electron chi connectivity index (χ4n) is 4.13. The lowest BCUT2D eigenvalue weighted by atomic mass is 9.79. The molecule has 2 aliphatic carbocycles. The van der Waals surface area contributed by atoms with Gasteiger partial charge in [0.1, 0.15) is 5.54 Å². The molecule has 0 radical (unpaired) electrons. The lowest BCUT2D eigenvalue weighted by Crippen LogP contribution is -2.53. The first-order chi connectivity index (χ1) is 9.62. The van der Waals surface area contributed by atoms with Crippen molar-refractivity contribution >= 4 is 0 Å². The van der Waals surface area contributed by atoms with Crippen LogP contribution < -0.4 is 5.32 Å². The minimum Gasteiger partial charge on any atom is -0.300 e. The van der Waals surface area contributed by atoms with E-state index in [1.54, 1.807) is 0 Å². The second-order valence-corrected chi connectivity index (χ2v) is 7.65. The summed E-state index contributed by atoms with van der Waals surface area (Å²) in [4.78, 5) is 2.69. The van der Waals surface area contributed by atoms with Crippen molar-refractivity contribution in [1.29, 1.82) is 5.26 Å². The van der Waals surface area contributed by atoms with Gasteiger partial charge in [-0.15, -0.1) is 0 Å². The van der Waals surface area contributed by atoms with E-state index in [9.17, 15) is 5.26 Å². The Morgan fingerprint density at radius 1 is 1.25 bits per heavy atom. The number of nitrogens with zero attached hydrogens (tertiary/aromatic N) is 2. The second kappa shape index (κ2) is 5.66. The molecule has 0 spiro atoms. The van der Waals surface area contributed by atoms with Crippen LogP contribution in [0.4, 0.5) is 0 Å². The Morgan fingerprint density at radius 3 is 2.65 bits per heavy atom. The Balaban J connectivity index is 1.61. The van der Waals surface area contributed by atoms with Crippen LogP contribution in [0.25, 0.3) is 0 Å². The highest BCUT2D eigenvalue weighted by Crippen LogP contribution is 2.36. The summed E-state index contributed by atoms with van der Waals surface area (Å²) >= 11 is 0. The molecule has 2 saturated carbocycles. The molecule has 0 aromatic rings. The molecule has 1 aliphatic heterocycles. The van der Waals surface area contributed by atoms with Crippen molar-refractivity contribution < 1.29 is 0 Å². The van der Waals surface area contributed by atoms with Crippen LogP contribution in [0.2, 0.25) is 0 Å². The van der Waals surface area contributed by atoms with Crippen LogP contribution in [-0.4, -0.2) is 35.6 Å². The molecular weight excluding hydrogens is 246 g/mol. The molecule has 3 fully saturated rings. The maximum absolute atomic E-state index is 9.69. The zero-order valence-corrected chi connectivity index (χ0v) is 13.1. The minimum absolute atomic E-state index is 0.222. The topological polar surface area (TPSA) is 39.1 Å². The van der Waals surface area contributed by atoms with Crippen molar-refractivity contribution in [3.05, 3.63) is 0 Å². The van der Waals surface area contributed by atoms with E-state index >= 15 is 0 Å². The van der Waals surface area contributed by atoms with Gasteiger partial charge >= 0.3 is 0 Å². The monoisotopic (exact) mass is 275 g/mol. The number of rotatable bonds is 4. The van der Waals surface area contributed by atoms with Gasteiger partial charge in [0.05, 0.1) is 6.07 Å². The van der Waals surface area contributed by atoms with E-state index < -0.39 is 0 Å². The summed E-state index contributed by atoms with van der Waals surface area (Å²) in [6.45, 7) is 7.21. The Hall–Kier alpha value is -0.590. The average Bonchev–Trinajstić information content (AvgIpc) is 3.10. The first-order valence-electron chi connectivity index (χ1n) is 8.55. The minimum atomic E-state index is -0.222. The standard InChI is InChI=1S/C17H29N3/c1-13(2)14-7-9-20(11-14)16-4-3-8-17(10-16,12-18)19-15-5-6-15/h13-16,19H,3-11H2,1-2H3. The van der Waals surface area contributed by atoms with Crippen LogP contribution >= 0.6 is 0 Å². The summed E-state index contributed by atoms with van der Waals surface area (Å²) in [7, 11) is 0. The fourth-order valence-corrected chi connectivity index (χ4v) is 4.13. The summed E-state index contributed by atoms with van der Waals surface area (Å²) < 4.78 is 0. The molecule has 0 aromatic carbocycles. The molecule has 0 bridgehead atoms. The second-order valence-electron chi connectivity index (χ2n) is 7.65. The van der Waals surface area contributed by atoms with Crippen LogP contribution in [0.15, 0.2) is 0 Å². The van der Waals surface area contributed by atoms with Gasteiger partial charge in [0.25, 0.3) is 0 Å². The number of nitriles is 1. The molecule has 3 atom stereocenters. The van der Waals surface area contributed by atoms with Crippen molar-refractivity contribution in [2.45, 2.75) is 76.4 Å². The normalized spacial score (nSPS) is 39.1. The lowest BCUT2D eigenvalue weighted by Gasteiger charge is -2.40. The van der Waals surface area contributed by atoms with Crippen molar-refractivity contribution in [2.75, 3.05) is 13.1 Å². The predicted molar refractivity (Wildman–Crippen MR) is 81.3 cm³/mol. The van der Waals surface area contributed by atoms with Gasteiger partial charge in [-0.2, -0.15) is 5.26 Å². The van der Waals surface area contributed by atoms with Crippen molar-refractivity contribution in [2.24, 2.45) is 11.8 Å². The molecule has 0 amide bonds. The highest BCUT2D eigenvalue weighted by atomic mass is 15.2. The molecule has 20 heavy (non-hydrogen) atoms. The van der Waals surface area contributed by atoms with Gasteiger partial charge < -0.3 is 0 Å². The highest BCUT2D eigenvalue weighted by molar-refractivity contribution is 5.13. The third-order valence-corrected chi connectivity index (χ3v) is 5.71. The molecule has 112 valence electrons. The van der Waals surface area contributed by atoms with Gasteiger partial charge in [-0.3, -0.25) is 10.2 Å². The van der Waals surface area contributed by atoms with E-state index in [0.29, 0.717) is 12.1 Å². The molecule has 3 nitrogen and oxygen atoms in total. The van der Waals surface area contributed by atoms with E-state index in [0.717, 1.165) is 24.7 Å². The molecule has 3 rings (SSSR count). The largest absolute Gasteiger partial charge is 0.300 e. The zero-order valence-electron chi connectivity index (χ0n) is 13.1. The summed E-state index contributed by atoms with van der Waals surface area (Å²) in [5.41, 5.74) is -0.222. The lowest BCUT2D eigenvalue weighted by molar-refractivity contribution is 0.136. The van der Waals surface area contributed by atoms with E-state index in [2.05, 4.69) is 30.1 Å². The van der Waals surface area contributed by atoms with Gasteiger partial charge in [0.2, 0.25) is 0 Å². The molecule has 1 saturated heterocycles. The maximum atomic E-state index is 9.69. The summed E-state index contributed by atoms with van der Waals surface area (Å²) in [6, 6.07) is 3.91. The quantitative estimate of drug-likeness (QED) is 0.857. The number of hydrogen-bond acceptors (Lipinski definition) is 3. The SMILES string of the molecule is CC(C)C1CCN(C2CCCC(C#N)(NC3CC3)C2)C1. The number of nitrogens with one attached hydrogen (secondary N) is 1. The highest BCUT2D eigenvalue weighted by Gasteiger charge is 2.43. The third-order valence-electron chi connectivity index (χ3n) is 5.71. The smallest absolute Gasteiger partial charge is 0.108 e. The van der Waals surface area contributed by atoms with Crippen LogP contribution in [0, 0.1) is 23.2 Å². The molecule has 3 unspecified atom stereocenters. The van der Waals surface area contributed by atoms with Crippen LogP contribution in [0.1, 0.15) is 58.8 Å². The average molecular weight is 275 g/mol. The van der Waals surface area contributed by atoms with Gasteiger partial charge in [-0.25, -0.2) is 0 Å². The predicted octanol–water partition coefficient (Wildman–Crippen LogP) is 2.92. The first kappa shape index (κ1) is 14.4. The molecule has 3 aliphatic rings. The van der Waals surface area contributed by atoms with Gasteiger partial charge in [-0.1, -0.05) is 13.8 Å². The number of likely N-dealkylation sites (tertiary alicyclic amines) is 1. The van der Waals surface area contributed by atoms with Crippen molar-refractivity contribution in [3.8, 4) is 6.07 Å². The van der Waals surface area contributed by atoms with Crippen LogP contribution in [0.5, 0.6) is 0 Å². The van der Waals surface area contributed by atoms with Crippen molar-refractivity contribution in [1.82, 2.24) is 10.2 Å². The zero-order chi connectivity index (χ0) is 14.2. The Labute approximate surface area is 123 Å². The summed E-state index contributed by atoms with van der Waals surface area (Å²) in [5, 5.41) is 13.3. The maximum Gasteiger partial charge on any atom is 0.108 e. The Kier molecular flexibility index (Phi) is 4.06. The van der Waals surface area contributed by atoms with E-state index in [1.165, 1.54) is 45.2 Å². The first-order valence-corrected chi connectivity index (χ1v) is 8.55. The van der Waals surface area contributed by atoms with Gasteiger partial charge in [0, 0.05) is 18.6 Å². The molecule has 3 heteroatoms. The molecular formula is C17H29N3. The molecule has 1 N–H and O–H groups in total. The Morgan fingerprint density at radius 2 is 2.05 bits per heavy atom. The summed E-state index contributed by atoms with van der Waals surface area (Å²) in [6.07, 6.45) is 8.49. The Bertz CT molecular complexity index is 382. The van der Waals surface area contributed by atoms with Gasteiger partial charge in [-0.05, 0) is 63.3 Å². The summed E-state index contributed by atoms with van der Waals surface area (Å²) in [5.74, 6) is 1.67. The van der Waals surface area contributed by atoms with E-state index in [1.807, 2.05) is 0 Å². The molecule has 0 aromatic heterocycles. The third kappa shape index (κ3) is 3.02. The number of hydrogen-bond donors (Lipinski definition) is 1.